The van der Waals surface area contributed by atoms with Gasteiger partial charge in [0.1, 0.15) is 0 Å². The van der Waals surface area contributed by atoms with Crippen molar-refractivity contribution < 1.29 is 9.59 Å². The third kappa shape index (κ3) is 5.22. The van der Waals surface area contributed by atoms with Crippen LogP contribution in [-0.4, -0.2) is 39.4 Å². The number of carbonyl (C=O) groups is 2. The molecule has 0 spiro atoms. The number of benzene rings is 2. The minimum Gasteiger partial charge on any atom is -0.339 e. The van der Waals surface area contributed by atoms with Crippen molar-refractivity contribution in [3.63, 3.8) is 0 Å². The van der Waals surface area contributed by atoms with Gasteiger partial charge in [-0.25, -0.2) is 4.98 Å². The summed E-state index contributed by atoms with van der Waals surface area (Å²) in [5.74, 6) is -0.197. The molecule has 0 aliphatic carbocycles. The number of hydrogen-bond donors (Lipinski definition) is 1. The van der Waals surface area contributed by atoms with Gasteiger partial charge in [0.25, 0.3) is 0 Å². The van der Waals surface area contributed by atoms with Crippen LogP contribution in [0.1, 0.15) is 18.4 Å². The molecule has 6 nitrogen and oxygen atoms in total. The minimum atomic E-state index is -0.130. The number of nitrogens with one attached hydrogen (secondary N) is 1. The average molecular weight is 435 g/mol. The molecule has 1 saturated heterocycles. The van der Waals surface area contributed by atoms with E-state index in [4.69, 9.17) is 11.6 Å². The van der Waals surface area contributed by atoms with Crippen molar-refractivity contribution in [3.05, 3.63) is 83.9 Å². The number of rotatable bonds is 5. The Morgan fingerprint density at radius 2 is 1.87 bits per heavy atom. The van der Waals surface area contributed by atoms with Crippen LogP contribution in [0.2, 0.25) is 5.02 Å². The van der Waals surface area contributed by atoms with Crippen LogP contribution in [0.3, 0.4) is 0 Å². The summed E-state index contributed by atoms with van der Waals surface area (Å²) in [4.78, 5) is 30.9. The van der Waals surface area contributed by atoms with E-state index in [2.05, 4.69) is 10.3 Å². The molecular formula is C24H23ClN4O2. The van der Waals surface area contributed by atoms with Crippen molar-refractivity contribution in [2.75, 3.05) is 18.4 Å². The Bertz CT molecular complexity index is 1070. The van der Waals surface area contributed by atoms with Crippen molar-refractivity contribution in [1.82, 2.24) is 14.5 Å². The molecule has 0 bridgehead atoms. The second-order valence-corrected chi connectivity index (χ2v) is 7.88. The molecular weight excluding hydrogens is 412 g/mol. The Kier molecular flexibility index (Phi) is 6.48. The molecule has 1 aromatic heterocycles. The average Bonchev–Trinajstić information content (AvgIpc) is 3.33. The number of carbonyl (C=O) groups excluding carboxylic acids is 2. The van der Waals surface area contributed by atoms with Gasteiger partial charge in [0.2, 0.25) is 11.8 Å². The highest BCUT2D eigenvalue weighted by Crippen LogP contribution is 2.26. The highest BCUT2D eigenvalue weighted by molar-refractivity contribution is 6.32. The van der Waals surface area contributed by atoms with Crippen molar-refractivity contribution in [1.29, 1.82) is 0 Å². The first-order chi connectivity index (χ1) is 15.1. The molecule has 1 fully saturated rings. The van der Waals surface area contributed by atoms with Crippen LogP contribution in [-0.2, 0) is 9.59 Å². The van der Waals surface area contributed by atoms with E-state index in [1.807, 2.05) is 59.3 Å². The van der Waals surface area contributed by atoms with Gasteiger partial charge in [-0.3, -0.25) is 9.59 Å². The number of hydrogen-bond acceptors (Lipinski definition) is 3. The molecule has 0 saturated carbocycles. The fourth-order valence-corrected chi connectivity index (χ4v) is 3.92. The lowest BCUT2D eigenvalue weighted by atomic mass is 9.95. The van der Waals surface area contributed by atoms with E-state index in [0.29, 0.717) is 36.6 Å². The summed E-state index contributed by atoms with van der Waals surface area (Å²) in [7, 11) is 0. The first-order valence-corrected chi connectivity index (χ1v) is 10.6. The van der Waals surface area contributed by atoms with Crippen LogP contribution < -0.4 is 5.32 Å². The molecule has 0 radical (unpaired) electrons. The van der Waals surface area contributed by atoms with Gasteiger partial charge in [-0.1, -0.05) is 41.9 Å². The topological polar surface area (TPSA) is 67.2 Å². The number of likely N-dealkylation sites (tertiary alicyclic amines) is 1. The van der Waals surface area contributed by atoms with Gasteiger partial charge in [-0.2, -0.15) is 0 Å². The van der Waals surface area contributed by atoms with Gasteiger partial charge in [0.15, 0.2) is 0 Å². The molecule has 2 aromatic carbocycles. The first kappa shape index (κ1) is 20.9. The molecule has 31 heavy (non-hydrogen) atoms. The van der Waals surface area contributed by atoms with Gasteiger partial charge in [-0.05, 0) is 42.7 Å². The first-order valence-electron chi connectivity index (χ1n) is 10.2. The molecule has 2 amide bonds. The second-order valence-electron chi connectivity index (χ2n) is 7.47. The molecule has 158 valence electrons. The summed E-state index contributed by atoms with van der Waals surface area (Å²) >= 11 is 6.37. The van der Waals surface area contributed by atoms with Crippen molar-refractivity contribution in [2.45, 2.75) is 12.8 Å². The molecule has 7 heteroatoms. The Morgan fingerprint density at radius 3 is 2.55 bits per heavy atom. The number of piperidine rings is 1. The van der Waals surface area contributed by atoms with E-state index in [1.54, 1.807) is 29.6 Å². The van der Waals surface area contributed by atoms with E-state index < -0.39 is 0 Å². The van der Waals surface area contributed by atoms with Crippen LogP contribution in [0.5, 0.6) is 0 Å². The van der Waals surface area contributed by atoms with Crippen LogP contribution in [0.15, 0.2) is 73.3 Å². The maximum Gasteiger partial charge on any atom is 0.246 e. The molecule has 0 atom stereocenters. The predicted octanol–water partition coefficient (Wildman–Crippen LogP) is 4.42. The summed E-state index contributed by atoms with van der Waals surface area (Å²) in [6, 6.07) is 15.1. The van der Waals surface area contributed by atoms with Crippen LogP contribution in [0.25, 0.3) is 11.8 Å². The summed E-state index contributed by atoms with van der Waals surface area (Å²) in [5.41, 5.74) is 2.44. The van der Waals surface area contributed by atoms with E-state index >= 15 is 0 Å². The van der Waals surface area contributed by atoms with Gasteiger partial charge < -0.3 is 14.8 Å². The Balaban J connectivity index is 1.30. The minimum absolute atomic E-state index is 0.0235. The summed E-state index contributed by atoms with van der Waals surface area (Å²) in [6.07, 6.45) is 9.85. The second kappa shape index (κ2) is 9.62. The lowest BCUT2D eigenvalue weighted by Gasteiger charge is -2.30. The smallest absolute Gasteiger partial charge is 0.246 e. The van der Waals surface area contributed by atoms with Crippen molar-refractivity contribution >= 4 is 35.2 Å². The Morgan fingerprint density at radius 1 is 1.10 bits per heavy atom. The number of nitrogens with zero attached hydrogens (tertiary/aromatic N) is 3. The summed E-state index contributed by atoms with van der Waals surface area (Å²) in [5, 5.41) is 3.48. The normalized spacial score (nSPS) is 14.7. The zero-order valence-electron chi connectivity index (χ0n) is 16.9. The summed E-state index contributed by atoms with van der Waals surface area (Å²) in [6.45, 7) is 1.13. The predicted molar refractivity (Wildman–Crippen MR) is 122 cm³/mol. The zero-order chi connectivity index (χ0) is 21.6. The van der Waals surface area contributed by atoms with Crippen LogP contribution >= 0.6 is 11.6 Å². The largest absolute Gasteiger partial charge is 0.339 e. The fraction of sp³-hybridized carbons (Fsp3) is 0.208. The number of anilines is 1. The molecule has 4 rings (SSSR count). The number of halogens is 1. The standard InChI is InChI=1S/C24H23ClN4O2/c25-21-16-20(7-8-22(21)29-15-12-26-17-29)27-24(31)19-10-13-28(14-11-19)23(30)9-6-18-4-2-1-3-5-18/h1-9,12,15-17,19H,10-11,13-14H2,(H,27,31)/b9-6+. The lowest BCUT2D eigenvalue weighted by molar-refractivity contribution is -0.130. The Hall–Kier alpha value is -3.38. The van der Waals surface area contributed by atoms with Gasteiger partial charge >= 0.3 is 0 Å². The number of amides is 2. The molecule has 2 heterocycles. The van der Waals surface area contributed by atoms with Crippen LogP contribution in [0, 0.1) is 5.92 Å². The van der Waals surface area contributed by atoms with Gasteiger partial charge in [0.05, 0.1) is 17.0 Å². The molecule has 3 aromatic rings. The van der Waals surface area contributed by atoms with Crippen molar-refractivity contribution in [2.24, 2.45) is 5.92 Å². The Labute approximate surface area is 186 Å². The van der Waals surface area contributed by atoms with E-state index in [0.717, 1.165) is 11.3 Å². The molecule has 0 unspecified atom stereocenters. The highest BCUT2D eigenvalue weighted by atomic mass is 35.5. The maximum atomic E-state index is 12.7. The van der Waals surface area contributed by atoms with Crippen LogP contribution in [0.4, 0.5) is 5.69 Å². The zero-order valence-corrected chi connectivity index (χ0v) is 17.7. The molecule has 1 aliphatic rings. The third-order valence-corrected chi connectivity index (χ3v) is 5.70. The lowest BCUT2D eigenvalue weighted by Crippen LogP contribution is -2.40. The fourth-order valence-electron chi connectivity index (χ4n) is 3.64. The molecule has 1 N–H and O–H groups in total. The SMILES string of the molecule is O=C(Nc1ccc(-n2ccnc2)c(Cl)c1)C1CCN(C(=O)/C=C/c2ccccc2)CC1. The monoisotopic (exact) mass is 434 g/mol. The van der Waals surface area contributed by atoms with Gasteiger partial charge in [-0.15, -0.1) is 0 Å². The van der Waals surface area contributed by atoms with E-state index in [1.165, 1.54) is 0 Å². The maximum absolute atomic E-state index is 12.7. The third-order valence-electron chi connectivity index (χ3n) is 5.39. The van der Waals surface area contributed by atoms with Crippen molar-refractivity contribution in [3.8, 4) is 5.69 Å². The van der Waals surface area contributed by atoms with E-state index in [-0.39, 0.29) is 17.7 Å². The molecule has 1 aliphatic heterocycles. The number of aromatic nitrogens is 2. The quantitative estimate of drug-likeness (QED) is 0.604. The van der Waals surface area contributed by atoms with E-state index in [9.17, 15) is 9.59 Å². The highest BCUT2D eigenvalue weighted by Gasteiger charge is 2.26. The number of imidazole rings is 1. The summed E-state index contributed by atoms with van der Waals surface area (Å²) < 4.78 is 1.81. The van der Waals surface area contributed by atoms with Gasteiger partial charge in [0, 0.05) is 43.2 Å².